The third-order valence-electron chi connectivity index (χ3n) is 3.10. The standard InChI is InChI=1S/C18H15NO4/c1-23-18-12-6-15(7-13-18)5-11-17(20)10-4-14-2-8-16(9-3-14)19(21)22/h2-13H,1H3/b10-4+,11-5+. The Morgan fingerprint density at radius 3 is 1.87 bits per heavy atom. The summed E-state index contributed by atoms with van der Waals surface area (Å²) < 4.78 is 5.06. The third kappa shape index (κ3) is 4.93. The van der Waals surface area contributed by atoms with Crippen molar-refractivity contribution >= 4 is 23.6 Å². The fourth-order valence-corrected chi connectivity index (χ4v) is 1.83. The van der Waals surface area contributed by atoms with E-state index in [4.69, 9.17) is 4.74 Å². The molecule has 0 saturated heterocycles. The number of benzene rings is 2. The van der Waals surface area contributed by atoms with Gasteiger partial charge in [-0.1, -0.05) is 24.3 Å². The Balaban J connectivity index is 1.97. The van der Waals surface area contributed by atoms with Gasteiger partial charge in [-0.15, -0.1) is 0 Å². The molecule has 2 rings (SSSR count). The maximum Gasteiger partial charge on any atom is 0.269 e. The molecular weight excluding hydrogens is 294 g/mol. The van der Waals surface area contributed by atoms with Crippen LogP contribution in [0.5, 0.6) is 5.75 Å². The lowest BCUT2D eigenvalue weighted by Crippen LogP contribution is -1.87. The maximum atomic E-state index is 11.8. The van der Waals surface area contributed by atoms with Crippen molar-refractivity contribution in [3.8, 4) is 5.75 Å². The first kappa shape index (κ1) is 16.2. The first-order valence-corrected chi connectivity index (χ1v) is 6.87. The average Bonchev–Trinajstić information content (AvgIpc) is 2.59. The molecule has 116 valence electrons. The van der Waals surface area contributed by atoms with Gasteiger partial charge in [-0.3, -0.25) is 14.9 Å². The zero-order valence-electron chi connectivity index (χ0n) is 12.5. The number of rotatable bonds is 6. The summed E-state index contributed by atoms with van der Waals surface area (Å²) in [6.07, 6.45) is 6.21. The number of nitro benzene ring substituents is 1. The highest BCUT2D eigenvalue weighted by Crippen LogP contribution is 2.14. The molecule has 0 unspecified atom stereocenters. The summed E-state index contributed by atoms with van der Waals surface area (Å²) >= 11 is 0. The van der Waals surface area contributed by atoms with E-state index in [0.717, 1.165) is 16.9 Å². The predicted octanol–water partition coefficient (Wildman–Crippen LogP) is 3.90. The molecule has 0 aliphatic carbocycles. The van der Waals surface area contributed by atoms with Crippen molar-refractivity contribution in [3.05, 3.63) is 81.9 Å². The van der Waals surface area contributed by atoms with Gasteiger partial charge in [0.1, 0.15) is 5.75 Å². The summed E-state index contributed by atoms with van der Waals surface area (Å²) in [6, 6.07) is 13.3. The number of hydrogen-bond acceptors (Lipinski definition) is 4. The van der Waals surface area contributed by atoms with Gasteiger partial charge in [-0.25, -0.2) is 0 Å². The van der Waals surface area contributed by atoms with Gasteiger partial charge in [0, 0.05) is 12.1 Å². The summed E-state index contributed by atoms with van der Waals surface area (Å²) in [5.74, 6) is 0.589. The lowest BCUT2D eigenvalue weighted by molar-refractivity contribution is -0.384. The van der Waals surface area contributed by atoms with E-state index in [1.807, 2.05) is 24.3 Å². The lowest BCUT2D eigenvalue weighted by atomic mass is 10.1. The van der Waals surface area contributed by atoms with Gasteiger partial charge in [0.2, 0.25) is 0 Å². The number of carbonyl (C=O) groups is 1. The first-order valence-electron chi connectivity index (χ1n) is 6.87. The van der Waals surface area contributed by atoms with Crippen LogP contribution in [-0.4, -0.2) is 17.8 Å². The van der Waals surface area contributed by atoms with Crippen molar-refractivity contribution in [1.29, 1.82) is 0 Å². The molecule has 0 aliphatic heterocycles. The highest BCUT2D eigenvalue weighted by Gasteiger charge is 2.02. The number of carbonyl (C=O) groups excluding carboxylic acids is 1. The van der Waals surface area contributed by atoms with Crippen LogP contribution in [0.4, 0.5) is 5.69 Å². The minimum absolute atomic E-state index is 0.0212. The van der Waals surface area contributed by atoms with Crippen LogP contribution >= 0.6 is 0 Å². The molecule has 0 amide bonds. The Labute approximate surface area is 133 Å². The van der Waals surface area contributed by atoms with Crippen LogP contribution in [0.1, 0.15) is 11.1 Å². The molecule has 0 N–H and O–H groups in total. The third-order valence-corrected chi connectivity index (χ3v) is 3.10. The van der Waals surface area contributed by atoms with Crippen LogP contribution in [0.3, 0.4) is 0 Å². The molecule has 0 saturated carbocycles. The minimum Gasteiger partial charge on any atom is -0.497 e. The van der Waals surface area contributed by atoms with Crippen LogP contribution in [0.2, 0.25) is 0 Å². The van der Waals surface area contributed by atoms with Crippen molar-refractivity contribution < 1.29 is 14.5 Å². The molecule has 0 radical (unpaired) electrons. The second-order valence-electron chi connectivity index (χ2n) is 4.69. The Hall–Kier alpha value is -3.21. The molecule has 5 heteroatoms. The van der Waals surface area contributed by atoms with Crippen molar-refractivity contribution in [3.63, 3.8) is 0 Å². The predicted molar refractivity (Wildman–Crippen MR) is 89.2 cm³/mol. The zero-order valence-corrected chi connectivity index (χ0v) is 12.5. The highest BCUT2D eigenvalue weighted by molar-refractivity contribution is 6.04. The summed E-state index contributed by atoms with van der Waals surface area (Å²) in [6.45, 7) is 0. The fourth-order valence-electron chi connectivity index (χ4n) is 1.83. The molecule has 0 fully saturated rings. The van der Waals surface area contributed by atoms with Crippen LogP contribution in [0.25, 0.3) is 12.2 Å². The van der Waals surface area contributed by atoms with Crippen LogP contribution < -0.4 is 4.74 Å². The number of nitro groups is 1. The molecule has 0 bridgehead atoms. The number of nitrogens with zero attached hydrogens (tertiary/aromatic N) is 1. The van der Waals surface area contributed by atoms with Crippen molar-refractivity contribution in [2.45, 2.75) is 0 Å². The van der Waals surface area contributed by atoms with Crippen molar-refractivity contribution in [2.75, 3.05) is 7.11 Å². The fraction of sp³-hybridized carbons (Fsp3) is 0.0556. The van der Waals surface area contributed by atoms with Crippen molar-refractivity contribution in [2.24, 2.45) is 0 Å². The summed E-state index contributed by atoms with van der Waals surface area (Å²) in [5.41, 5.74) is 1.64. The Kier molecular flexibility index (Phi) is 5.41. The molecule has 0 atom stereocenters. The van der Waals surface area contributed by atoms with E-state index >= 15 is 0 Å². The average molecular weight is 309 g/mol. The van der Waals surface area contributed by atoms with Crippen molar-refractivity contribution in [1.82, 2.24) is 0 Å². The molecule has 0 heterocycles. The summed E-state index contributed by atoms with van der Waals surface area (Å²) in [7, 11) is 1.59. The van der Waals surface area contributed by atoms with E-state index in [0.29, 0.717) is 0 Å². The lowest BCUT2D eigenvalue weighted by Gasteiger charge is -1.98. The molecule has 0 aromatic heterocycles. The molecule has 0 aliphatic rings. The molecule has 5 nitrogen and oxygen atoms in total. The quantitative estimate of drug-likeness (QED) is 0.461. The summed E-state index contributed by atoms with van der Waals surface area (Å²) in [4.78, 5) is 21.9. The second-order valence-corrected chi connectivity index (χ2v) is 4.69. The Morgan fingerprint density at radius 2 is 1.43 bits per heavy atom. The van der Waals surface area contributed by atoms with Gasteiger partial charge >= 0.3 is 0 Å². The number of ether oxygens (including phenoxy) is 1. The molecule has 2 aromatic carbocycles. The van der Waals surface area contributed by atoms with Gasteiger partial charge in [-0.05, 0) is 47.5 Å². The van der Waals surface area contributed by atoms with Gasteiger partial charge in [0.15, 0.2) is 5.78 Å². The molecule has 0 spiro atoms. The Bertz CT molecular complexity index is 744. The van der Waals surface area contributed by atoms with E-state index in [2.05, 4.69) is 0 Å². The van der Waals surface area contributed by atoms with Crippen LogP contribution in [0, 0.1) is 10.1 Å². The second kappa shape index (κ2) is 7.70. The van der Waals surface area contributed by atoms with Gasteiger partial charge in [0.25, 0.3) is 5.69 Å². The van der Waals surface area contributed by atoms with E-state index in [-0.39, 0.29) is 11.5 Å². The van der Waals surface area contributed by atoms with Crippen LogP contribution in [0.15, 0.2) is 60.7 Å². The van der Waals surface area contributed by atoms with Crippen LogP contribution in [-0.2, 0) is 4.79 Å². The van der Waals surface area contributed by atoms with E-state index in [1.54, 1.807) is 31.4 Å². The Morgan fingerprint density at radius 1 is 0.957 bits per heavy atom. The van der Waals surface area contributed by atoms with Gasteiger partial charge in [-0.2, -0.15) is 0 Å². The SMILES string of the molecule is COc1ccc(/C=C/C(=O)/C=C/c2ccc([N+](=O)[O-])cc2)cc1. The smallest absolute Gasteiger partial charge is 0.269 e. The van der Waals surface area contributed by atoms with E-state index in [1.165, 1.54) is 24.3 Å². The number of methoxy groups -OCH3 is 1. The zero-order chi connectivity index (χ0) is 16.7. The van der Waals surface area contributed by atoms with E-state index < -0.39 is 4.92 Å². The normalized spacial score (nSPS) is 11.0. The number of hydrogen-bond donors (Lipinski definition) is 0. The van der Waals surface area contributed by atoms with Gasteiger partial charge in [0.05, 0.1) is 12.0 Å². The molecular formula is C18H15NO4. The highest BCUT2D eigenvalue weighted by atomic mass is 16.6. The molecule has 23 heavy (non-hydrogen) atoms. The van der Waals surface area contributed by atoms with E-state index in [9.17, 15) is 14.9 Å². The monoisotopic (exact) mass is 309 g/mol. The summed E-state index contributed by atoms with van der Waals surface area (Å²) in [5, 5.41) is 10.6. The minimum atomic E-state index is -0.462. The maximum absolute atomic E-state index is 11.8. The first-order chi connectivity index (χ1) is 11.1. The largest absolute Gasteiger partial charge is 0.497 e. The molecule has 2 aromatic rings. The van der Waals surface area contributed by atoms with Gasteiger partial charge < -0.3 is 4.74 Å². The topological polar surface area (TPSA) is 69.4 Å². The number of ketones is 1. The number of allylic oxidation sites excluding steroid dienone is 2. The number of non-ortho nitro benzene ring substituents is 1.